The zero-order valence-corrected chi connectivity index (χ0v) is 24.0. The summed E-state index contributed by atoms with van der Waals surface area (Å²) in [6.45, 7) is 4.63. The minimum Gasteiger partial charge on any atom is -0.461 e. The molecule has 0 aliphatic carbocycles. The van der Waals surface area contributed by atoms with E-state index in [0.717, 1.165) is 43.6 Å². The molecule has 2 unspecified atom stereocenters. The van der Waals surface area contributed by atoms with Gasteiger partial charge in [-0.3, -0.25) is 4.90 Å². The number of hydrogen-bond acceptors (Lipinski definition) is 10. The number of pyridine rings is 1. The molecule has 4 aliphatic rings. The summed E-state index contributed by atoms with van der Waals surface area (Å²) in [5.41, 5.74) is 7.17. The number of ether oxygens (including phenoxy) is 1. The van der Waals surface area contributed by atoms with Crippen molar-refractivity contribution in [2.75, 3.05) is 43.4 Å². The van der Waals surface area contributed by atoms with Gasteiger partial charge in [0, 0.05) is 55.0 Å². The molecule has 0 saturated carbocycles. The fourth-order valence-electron chi connectivity index (χ4n) is 7.59. The lowest BCUT2D eigenvalue weighted by atomic mass is 9.95. The minimum atomic E-state index is -0.891. The molecular formula is C29H31F3N8OS. The van der Waals surface area contributed by atoms with Gasteiger partial charge in [0.25, 0.3) is 0 Å². The Morgan fingerprint density at radius 2 is 1.88 bits per heavy atom. The monoisotopic (exact) mass is 596 g/mol. The summed E-state index contributed by atoms with van der Waals surface area (Å²) in [4.78, 5) is 22.8. The number of alkyl halides is 1. The average Bonchev–Trinajstić information content (AvgIpc) is 3.70. The summed E-state index contributed by atoms with van der Waals surface area (Å²) in [6, 6.07) is 3.48. The van der Waals surface area contributed by atoms with Gasteiger partial charge in [0.2, 0.25) is 0 Å². The number of anilines is 2. The summed E-state index contributed by atoms with van der Waals surface area (Å²) >= 11 is 1.02. The van der Waals surface area contributed by atoms with Crippen molar-refractivity contribution < 1.29 is 17.9 Å². The number of benzene rings is 1. The second kappa shape index (κ2) is 9.61. The fraction of sp³-hybridized carbons (Fsp3) is 0.517. The Morgan fingerprint density at radius 1 is 1.07 bits per heavy atom. The predicted octanol–water partition coefficient (Wildman–Crippen LogP) is 4.37. The van der Waals surface area contributed by atoms with Gasteiger partial charge in [0.15, 0.2) is 16.8 Å². The van der Waals surface area contributed by atoms with Crippen LogP contribution in [0.2, 0.25) is 0 Å². The normalized spacial score (nSPS) is 27.4. The highest BCUT2D eigenvalue weighted by Gasteiger charge is 2.49. The van der Waals surface area contributed by atoms with Crippen LogP contribution in [0.4, 0.5) is 24.1 Å². The molecule has 4 atom stereocenters. The van der Waals surface area contributed by atoms with E-state index in [1.165, 1.54) is 12.1 Å². The minimum absolute atomic E-state index is 0.0257. The number of fused-ring (bicyclic) bond motifs is 5. The SMILES string of the molecule is Cc1nc2c(N3CC4CCC(C3)N4)nc(OC[C@@]34CCCN3C[C@H](F)C4)nc2c(F)c1-c1ccc(F)c2sc(N)nc12. The van der Waals surface area contributed by atoms with Crippen LogP contribution in [0.15, 0.2) is 12.1 Å². The summed E-state index contributed by atoms with van der Waals surface area (Å²) in [5.74, 6) is -0.542. The van der Waals surface area contributed by atoms with Gasteiger partial charge in [-0.05, 0) is 51.3 Å². The van der Waals surface area contributed by atoms with Crippen LogP contribution in [0.25, 0.3) is 32.4 Å². The molecule has 0 spiro atoms. The van der Waals surface area contributed by atoms with Crippen molar-refractivity contribution >= 4 is 43.5 Å². The van der Waals surface area contributed by atoms with Gasteiger partial charge < -0.3 is 20.7 Å². The highest BCUT2D eigenvalue weighted by atomic mass is 32.1. The van der Waals surface area contributed by atoms with Gasteiger partial charge in [-0.1, -0.05) is 11.3 Å². The molecule has 4 fully saturated rings. The smallest absolute Gasteiger partial charge is 0.319 e. The first kappa shape index (κ1) is 26.3. The molecule has 42 heavy (non-hydrogen) atoms. The fourth-order valence-corrected chi connectivity index (χ4v) is 8.35. The van der Waals surface area contributed by atoms with Gasteiger partial charge in [-0.15, -0.1) is 0 Å². The van der Waals surface area contributed by atoms with E-state index in [1.54, 1.807) is 6.92 Å². The third kappa shape index (κ3) is 4.11. The molecule has 1 aromatic carbocycles. The van der Waals surface area contributed by atoms with Gasteiger partial charge in [-0.25, -0.2) is 23.1 Å². The topological polar surface area (TPSA) is 105 Å². The summed E-state index contributed by atoms with van der Waals surface area (Å²) in [7, 11) is 0. The number of nitrogen functional groups attached to an aromatic ring is 1. The van der Waals surface area contributed by atoms with Crippen LogP contribution in [0, 0.1) is 18.6 Å². The van der Waals surface area contributed by atoms with Crippen molar-refractivity contribution in [3.8, 4) is 17.1 Å². The largest absolute Gasteiger partial charge is 0.461 e. The quantitative estimate of drug-likeness (QED) is 0.348. The molecule has 8 rings (SSSR count). The van der Waals surface area contributed by atoms with Gasteiger partial charge >= 0.3 is 6.01 Å². The number of hydrogen-bond donors (Lipinski definition) is 2. The lowest BCUT2D eigenvalue weighted by molar-refractivity contribution is 0.107. The van der Waals surface area contributed by atoms with E-state index in [9.17, 15) is 8.78 Å². The Bertz CT molecular complexity index is 1720. The third-order valence-electron chi connectivity index (χ3n) is 9.44. The molecule has 4 aliphatic heterocycles. The number of piperazine rings is 1. The number of halogens is 3. The first-order valence-corrected chi connectivity index (χ1v) is 15.4. The first-order valence-electron chi connectivity index (χ1n) is 14.5. The van der Waals surface area contributed by atoms with Crippen LogP contribution < -0.4 is 20.7 Å². The highest BCUT2D eigenvalue weighted by molar-refractivity contribution is 7.22. The molecule has 2 bridgehead atoms. The number of nitrogens with two attached hydrogens (primary N) is 1. The molecule has 0 radical (unpaired) electrons. The van der Waals surface area contributed by atoms with Gasteiger partial charge in [-0.2, -0.15) is 9.97 Å². The lowest BCUT2D eigenvalue weighted by Crippen LogP contribution is -2.51. The predicted molar refractivity (Wildman–Crippen MR) is 156 cm³/mol. The van der Waals surface area contributed by atoms with Crippen LogP contribution in [0.3, 0.4) is 0 Å². The van der Waals surface area contributed by atoms with E-state index < -0.39 is 23.3 Å². The zero-order valence-electron chi connectivity index (χ0n) is 23.2. The molecule has 4 saturated heterocycles. The van der Waals surface area contributed by atoms with E-state index >= 15 is 4.39 Å². The molecule has 3 aromatic heterocycles. The van der Waals surface area contributed by atoms with E-state index in [1.807, 2.05) is 0 Å². The van der Waals surface area contributed by atoms with E-state index in [-0.39, 0.29) is 39.0 Å². The van der Waals surface area contributed by atoms with Crippen molar-refractivity contribution in [3.05, 3.63) is 29.5 Å². The molecule has 0 amide bonds. The Balaban J connectivity index is 1.27. The molecule has 220 valence electrons. The standard InChI is InChI=1S/C29H31F3N8OS/c1-14-20(18-5-6-19(31)25-22(18)36-27(33)42-25)21(32)23-24(34-14)26(39-11-16-3-4-17(12-39)35-16)38-28(37-23)41-13-29-7-2-8-40(29)10-15(30)9-29/h5-6,15-17,35H,2-4,7-13H2,1H3,(H2,33,36)/t15-,16?,17?,29+/m1/s1. The number of rotatable bonds is 5. The first-order chi connectivity index (χ1) is 20.3. The average molecular weight is 597 g/mol. The van der Waals surface area contributed by atoms with Crippen LogP contribution >= 0.6 is 11.3 Å². The maximum Gasteiger partial charge on any atom is 0.319 e. The second-order valence-corrected chi connectivity index (χ2v) is 13.2. The molecule has 3 N–H and O–H groups in total. The lowest BCUT2D eigenvalue weighted by Gasteiger charge is -2.34. The summed E-state index contributed by atoms with van der Waals surface area (Å²) < 4.78 is 52.2. The summed E-state index contributed by atoms with van der Waals surface area (Å²) in [6.07, 6.45) is 3.48. The molecule has 4 aromatic rings. The maximum atomic E-state index is 16.7. The van der Waals surface area contributed by atoms with E-state index in [4.69, 9.17) is 20.4 Å². The Labute approximate surface area is 244 Å². The third-order valence-corrected chi connectivity index (χ3v) is 10.3. The van der Waals surface area contributed by atoms with Crippen LogP contribution in [-0.4, -0.2) is 81.4 Å². The Kier molecular flexibility index (Phi) is 6.03. The van der Waals surface area contributed by atoms with Crippen LogP contribution in [0.1, 0.15) is 37.8 Å². The van der Waals surface area contributed by atoms with E-state index in [0.29, 0.717) is 60.7 Å². The molecule has 13 heteroatoms. The zero-order chi connectivity index (χ0) is 28.7. The number of aryl methyl sites for hydroxylation is 1. The van der Waals surface area contributed by atoms with Crippen molar-refractivity contribution in [1.82, 2.24) is 30.2 Å². The van der Waals surface area contributed by atoms with Crippen molar-refractivity contribution in [1.29, 1.82) is 0 Å². The molecular weight excluding hydrogens is 565 g/mol. The van der Waals surface area contributed by atoms with Crippen molar-refractivity contribution in [3.63, 3.8) is 0 Å². The highest BCUT2D eigenvalue weighted by Crippen LogP contribution is 2.42. The second-order valence-electron chi connectivity index (χ2n) is 12.1. The number of aromatic nitrogens is 4. The number of nitrogens with zero attached hydrogens (tertiary/aromatic N) is 6. The van der Waals surface area contributed by atoms with Gasteiger partial charge in [0.1, 0.15) is 29.6 Å². The maximum absolute atomic E-state index is 16.7. The van der Waals surface area contributed by atoms with Crippen molar-refractivity contribution in [2.24, 2.45) is 0 Å². The Hall–Kier alpha value is -3.29. The molecule has 9 nitrogen and oxygen atoms in total. The van der Waals surface area contributed by atoms with Crippen LogP contribution in [-0.2, 0) is 0 Å². The molecule has 7 heterocycles. The number of nitrogens with one attached hydrogen (secondary N) is 1. The van der Waals surface area contributed by atoms with E-state index in [2.05, 4.69) is 25.1 Å². The van der Waals surface area contributed by atoms with Crippen LogP contribution in [0.5, 0.6) is 6.01 Å². The number of thiazole rings is 1. The van der Waals surface area contributed by atoms with Crippen molar-refractivity contribution in [2.45, 2.75) is 62.8 Å². The summed E-state index contributed by atoms with van der Waals surface area (Å²) in [5, 5.41) is 3.82. The van der Waals surface area contributed by atoms with Gasteiger partial charge in [0.05, 0.1) is 15.8 Å². The Morgan fingerprint density at radius 3 is 2.69 bits per heavy atom.